The molecule has 0 aromatic heterocycles. The van der Waals surface area contributed by atoms with Crippen LogP contribution >= 0.6 is 0 Å². The van der Waals surface area contributed by atoms with Crippen LogP contribution in [0, 0.1) is 6.61 Å². The van der Waals surface area contributed by atoms with Gasteiger partial charge in [-0.25, -0.2) is 0 Å². The number of carbonyl (C=O) groups excluding carboxylic acids is 1. The summed E-state index contributed by atoms with van der Waals surface area (Å²) in [5.74, 6) is -2.79. The standard InChI is InChI=1S/C21H33O17/c1-6-11(26)13(28)15(30)18(37-6)20(33)5-36-8(4-35-10(25)2-9(23)24)17(32)21(20,34)19-16(31)14(29)12(27)7(3-22)38-19/h5-8,11-19,22,26-34H,2-4H2,1H3,(H,23,24)/t6-,7+,8-,11-,12+,13+,14-,15-,16+,17-,18-,19+,20-,21-/m1/s1. The largest absolute Gasteiger partial charge is 0.481 e. The van der Waals surface area contributed by atoms with Gasteiger partial charge in [-0.3, -0.25) is 9.59 Å². The van der Waals surface area contributed by atoms with Crippen LogP contribution < -0.4 is 0 Å². The molecule has 3 rings (SSSR count). The summed E-state index contributed by atoms with van der Waals surface area (Å²) in [6.07, 6.45) is -24.6. The summed E-state index contributed by atoms with van der Waals surface area (Å²) in [6, 6.07) is 0. The van der Waals surface area contributed by atoms with Gasteiger partial charge in [0, 0.05) is 0 Å². The highest BCUT2D eigenvalue weighted by Crippen LogP contribution is 2.48. The van der Waals surface area contributed by atoms with Gasteiger partial charge in [0.15, 0.2) is 11.2 Å². The van der Waals surface area contributed by atoms with Gasteiger partial charge in [0.1, 0.15) is 86.8 Å². The maximum absolute atomic E-state index is 11.9. The average molecular weight is 557 g/mol. The van der Waals surface area contributed by atoms with Gasteiger partial charge in [-0.2, -0.15) is 0 Å². The molecule has 0 saturated carbocycles. The number of hydrogen-bond donors (Lipinski definition) is 11. The summed E-state index contributed by atoms with van der Waals surface area (Å²) in [5, 5.41) is 115. The Morgan fingerprint density at radius 3 is 2.00 bits per heavy atom. The van der Waals surface area contributed by atoms with Crippen LogP contribution in [0.4, 0.5) is 0 Å². The molecule has 38 heavy (non-hydrogen) atoms. The lowest BCUT2D eigenvalue weighted by Crippen LogP contribution is -2.83. The van der Waals surface area contributed by atoms with Crippen molar-refractivity contribution in [2.24, 2.45) is 0 Å². The van der Waals surface area contributed by atoms with Crippen LogP contribution in [0.2, 0.25) is 0 Å². The van der Waals surface area contributed by atoms with Crippen molar-refractivity contribution in [2.75, 3.05) is 13.2 Å². The number of carbonyl (C=O) groups is 2. The molecular weight excluding hydrogens is 524 g/mol. The second kappa shape index (κ2) is 11.5. The van der Waals surface area contributed by atoms with Crippen molar-refractivity contribution in [3.05, 3.63) is 6.61 Å². The molecule has 0 aromatic rings. The van der Waals surface area contributed by atoms with Crippen LogP contribution in [0.3, 0.4) is 0 Å². The molecule has 0 unspecified atom stereocenters. The molecule has 17 heteroatoms. The fourth-order valence-electron chi connectivity index (χ4n) is 4.93. The summed E-state index contributed by atoms with van der Waals surface area (Å²) in [6.45, 7) is -0.200. The highest BCUT2D eigenvalue weighted by atomic mass is 16.6. The Morgan fingerprint density at radius 1 is 0.842 bits per heavy atom. The molecule has 0 aromatic carbocycles. The van der Waals surface area contributed by atoms with E-state index in [2.05, 4.69) is 0 Å². The van der Waals surface area contributed by atoms with E-state index in [1.165, 1.54) is 6.92 Å². The Bertz CT molecular complexity index is 856. The third-order valence-electron chi connectivity index (χ3n) is 7.18. The Labute approximate surface area is 215 Å². The summed E-state index contributed by atoms with van der Waals surface area (Å²) in [4.78, 5) is 22.4. The minimum Gasteiger partial charge on any atom is -0.481 e. The predicted octanol–water partition coefficient (Wildman–Crippen LogP) is -6.90. The number of hydrogen-bond acceptors (Lipinski definition) is 16. The van der Waals surface area contributed by atoms with Crippen molar-refractivity contribution in [3.8, 4) is 0 Å². The van der Waals surface area contributed by atoms with Crippen LogP contribution in [-0.2, 0) is 28.5 Å². The quantitative estimate of drug-likeness (QED) is 0.102. The smallest absolute Gasteiger partial charge is 0.317 e. The van der Waals surface area contributed by atoms with E-state index in [-0.39, 0.29) is 0 Å². The molecule has 3 heterocycles. The molecule has 17 nitrogen and oxygen atoms in total. The molecular formula is C21H33O17. The number of carboxylic acid groups (broad SMARTS) is 1. The van der Waals surface area contributed by atoms with Crippen LogP contribution in [0.15, 0.2) is 0 Å². The summed E-state index contributed by atoms with van der Waals surface area (Å²) >= 11 is 0. The van der Waals surface area contributed by atoms with Crippen molar-refractivity contribution in [3.63, 3.8) is 0 Å². The molecule has 3 aliphatic heterocycles. The number of rotatable bonds is 7. The number of aliphatic hydroxyl groups excluding tert-OH is 8. The van der Waals surface area contributed by atoms with Crippen LogP contribution in [0.1, 0.15) is 13.3 Å². The van der Waals surface area contributed by atoms with E-state index in [0.717, 1.165) is 0 Å². The van der Waals surface area contributed by atoms with Crippen molar-refractivity contribution >= 4 is 11.9 Å². The molecule has 0 spiro atoms. The topological polar surface area (TPSA) is 294 Å². The van der Waals surface area contributed by atoms with Gasteiger partial charge < -0.3 is 75.1 Å². The fraction of sp³-hybridized carbons (Fsp3) is 0.857. The van der Waals surface area contributed by atoms with Gasteiger partial charge in [-0.1, -0.05) is 0 Å². The lowest BCUT2D eigenvalue weighted by Gasteiger charge is -2.60. The van der Waals surface area contributed by atoms with E-state index in [1.54, 1.807) is 0 Å². The zero-order valence-corrected chi connectivity index (χ0v) is 20.0. The molecule has 3 saturated heterocycles. The first kappa shape index (κ1) is 31.0. The SMILES string of the molecule is C[C@H]1O[C@@H]([C@]2(O)[CH]O[C@H](COC(=O)CC(=O)O)[C@@H](O)[C@@]2(O)[C@H]2O[C@@H](CO)[C@H](O)[C@@H](O)[C@@H]2O)[C@H](O)[C@@H](O)[C@@H]1O. The van der Waals surface area contributed by atoms with E-state index in [4.69, 9.17) is 24.1 Å². The minimum atomic E-state index is -3.28. The zero-order chi connectivity index (χ0) is 28.7. The van der Waals surface area contributed by atoms with E-state index in [9.17, 15) is 60.7 Å². The second-order valence-electron chi connectivity index (χ2n) is 9.62. The molecule has 1 radical (unpaired) electrons. The Balaban J connectivity index is 2.04. The summed E-state index contributed by atoms with van der Waals surface area (Å²) in [5.41, 5.74) is -6.41. The highest BCUT2D eigenvalue weighted by molar-refractivity contribution is 5.90. The van der Waals surface area contributed by atoms with Gasteiger partial charge in [-0.05, 0) is 6.92 Å². The normalized spacial score (nSPS) is 49.9. The summed E-state index contributed by atoms with van der Waals surface area (Å²) in [7, 11) is 0. The predicted molar refractivity (Wildman–Crippen MR) is 114 cm³/mol. The van der Waals surface area contributed by atoms with Crippen LogP contribution in [0.25, 0.3) is 0 Å². The molecule has 3 aliphatic rings. The van der Waals surface area contributed by atoms with Gasteiger partial charge in [0.05, 0.1) is 12.7 Å². The van der Waals surface area contributed by atoms with Crippen LogP contribution in [0.5, 0.6) is 0 Å². The van der Waals surface area contributed by atoms with Gasteiger partial charge in [-0.15, -0.1) is 0 Å². The monoisotopic (exact) mass is 557 g/mol. The third kappa shape index (κ3) is 5.15. The minimum absolute atomic E-state index is 0.432. The van der Waals surface area contributed by atoms with Crippen molar-refractivity contribution in [1.82, 2.24) is 0 Å². The van der Waals surface area contributed by atoms with E-state index in [1.807, 2.05) is 0 Å². The molecule has 11 N–H and O–H groups in total. The third-order valence-corrected chi connectivity index (χ3v) is 7.18. The van der Waals surface area contributed by atoms with Gasteiger partial charge in [0.2, 0.25) is 0 Å². The van der Waals surface area contributed by atoms with E-state index < -0.39 is 116 Å². The average Bonchev–Trinajstić information content (AvgIpc) is 2.86. The second-order valence-corrected chi connectivity index (χ2v) is 9.62. The highest BCUT2D eigenvalue weighted by Gasteiger charge is 2.73. The van der Waals surface area contributed by atoms with E-state index in [0.29, 0.717) is 6.61 Å². The zero-order valence-electron chi connectivity index (χ0n) is 20.0. The fourth-order valence-corrected chi connectivity index (χ4v) is 4.93. The number of esters is 1. The lowest BCUT2D eigenvalue weighted by atomic mass is 9.64. The molecule has 219 valence electrons. The Kier molecular flexibility index (Phi) is 9.36. The van der Waals surface area contributed by atoms with Crippen molar-refractivity contribution in [1.29, 1.82) is 0 Å². The molecule has 0 amide bonds. The molecule has 0 bridgehead atoms. The number of aliphatic hydroxyl groups is 10. The number of aliphatic carboxylic acids is 1. The van der Waals surface area contributed by atoms with E-state index >= 15 is 0 Å². The van der Waals surface area contributed by atoms with Crippen molar-refractivity contribution in [2.45, 2.75) is 97.8 Å². The maximum atomic E-state index is 11.9. The molecule has 0 aliphatic carbocycles. The summed E-state index contributed by atoms with van der Waals surface area (Å²) < 4.78 is 20.8. The first-order valence-corrected chi connectivity index (χ1v) is 11.6. The lowest BCUT2D eigenvalue weighted by molar-refractivity contribution is -0.377. The van der Waals surface area contributed by atoms with Gasteiger partial charge >= 0.3 is 11.9 Å². The number of carboxylic acids is 1. The molecule has 3 fully saturated rings. The number of ether oxygens (including phenoxy) is 4. The van der Waals surface area contributed by atoms with Gasteiger partial charge in [0.25, 0.3) is 0 Å². The first-order chi connectivity index (χ1) is 17.6. The molecule has 14 atom stereocenters. The first-order valence-electron chi connectivity index (χ1n) is 11.6. The van der Waals surface area contributed by atoms with Crippen molar-refractivity contribution < 1.29 is 84.7 Å². The van der Waals surface area contributed by atoms with Crippen LogP contribution in [-0.4, -0.2) is 166 Å². The maximum Gasteiger partial charge on any atom is 0.317 e. The Hall–Kier alpha value is -1.58. The Morgan fingerprint density at radius 2 is 1.42 bits per heavy atom.